The van der Waals surface area contributed by atoms with Crippen LogP contribution in [0.15, 0.2) is 41.8 Å². The van der Waals surface area contributed by atoms with E-state index in [0.717, 1.165) is 4.91 Å². The van der Waals surface area contributed by atoms with Crippen molar-refractivity contribution in [3.05, 3.63) is 41.8 Å². The van der Waals surface area contributed by atoms with Gasteiger partial charge in [-0.3, -0.25) is 9.59 Å². The monoisotopic (exact) mass is 292 g/mol. The van der Waals surface area contributed by atoms with Crippen molar-refractivity contribution in [2.45, 2.75) is 18.3 Å². The maximum absolute atomic E-state index is 11.7. The zero-order valence-corrected chi connectivity index (χ0v) is 11.9. The van der Waals surface area contributed by atoms with E-state index >= 15 is 0 Å². The van der Waals surface area contributed by atoms with Crippen molar-refractivity contribution in [2.24, 2.45) is 0 Å². The highest BCUT2D eigenvalue weighted by Crippen LogP contribution is 2.25. The molecule has 0 radical (unpaired) electrons. The predicted molar refractivity (Wildman–Crippen MR) is 78.2 cm³/mol. The van der Waals surface area contributed by atoms with Crippen LogP contribution in [-0.2, 0) is 9.59 Å². The molecule has 106 valence electrons. The van der Waals surface area contributed by atoms with Gasteiger partial charge in [-0.05, 0) is 24.0 Å². The number of thioether (sulfide) groups is 1. The maximum Gasteiger partial charge on any atom is 0.258 e. The Morgan fingerprint density at radius 2 is 2.15 bits per heavy atom. The van der Waals surface area contributed by atoms with Crippen LogP contribution < -0.4 is 15.4 Å². The number of nitrogens with one attached hydrogen (secondary N) is 2. The summed E-state index contributed by atoms with van der Waals surface area (Å²) in [4.78, 5) is 24.1. The summed E-state index contributed by atoms with van der Waals surface area (Å²) in [5, 5.41) is 5.21. The first-order valence-corrected chi connectivity index (χ1v) is 7.04. The van der Waals surface area contributed by atoms with Crippen LogP contribution in [0.25, 0.3) is 0 Å². The van der Waals surface area contributed by atoms with Crippen molar-refractivity contribution in [2.75, 3.05) is 6.61 Å². The Morgan fingerprint density at radius 3 is 2.75 bits per heavy atom. The fourth-order valence-corrected chi connectivity index (χ4v) is 2.63. The van der Waals surface area contributed by atoms with Gasteiger partial charge in [0.15, 0.2) is 6.61 Å². The van der Waals surface area contributed by atoms with Crippen LogP contribution in [0, 0.1) is 0 Å². The van der Waals surface area contributed by atoms with Crippen LogP contribution in [0.2, 0.25) is 0 Å². The second-order valence-electron chi connectivity index (χ2n) is 4.40. The number of hydrogen-bond donors (Lipinski definition) is 2. The molecule has 0 spiro atoms. The molecule has 1 heterocycles. The highest BCUT2D eigenvalue weighted by atomic mass is 32.2. The average molecular weight is 292 g/mol. The van der Waals surface area contributed by atoms with E-state index in [1.807, 2.05) is 25.1 Å². The van der Waals surface area contributed by atoms with Crippen molar-refractivity contribution in [3.63, 3.8) is 0 Å². The topological polar surface area (TPSA) is 67.4 Å². The molecule has 2 atom stereocenters. The smallest absolute Gasteiger partial charge is 0.258 e. The predicted octanol–water partition coefficient (Wildman–Crippen LogP) is 1.27. The standard InChI is InChI=1S/C14H16N2O3S/c1-9(2)20-14-12(13(18)16-14)15-11(17)8-19-10-6-4-3-5-7-10/h3-7,12,14H,1,8H2,2H3,(H,15,17)(H,16,18)/t12-,14-/m1/s1. The quantitative estimate of drug-likeness (QED) is 0.775. The fourth-order valence-electron chi connectivity index (χ4n) is 1.69. The molecule has 1 aromatic carbocycles. The average Bonchev–Trinajstić information content (AvgIpc) is 2.43. The van der Waals surface area contributed by atoms with Gasteiger partial charge in [-0.1, -0.05) is 24.8 Å². The molecular formula is C14H16N2O3S. The van der Waals surface area contributed by atoms with E-state index in [4.69, 9.17) is 4.74 Å². The highest BCUT2D eigenvalue weighted by molar-refractivity contribution is 8.03. The Hall–Kier alpha value is -1.95. The lowest BCUT2D eigenvalue weighted by Crippen LogP contribution is -2.68. The summed E-state index contributed by atoms with van der Waals surface area (Å²) >= 11 is 1.43. The molecule has 0 aliphatic carbocycles. The molecule has 0 aromatic heterocycles. The summed E-state index contributed by atoms with van der Waals surface area (Å²) in [5.41, 5.74) is 0. The van der Waals surface area contributed by atoms with Gasteiger partial charge in [-0.2, -0.15) is 0 Å². The van der Waals surface area contributed by atoms with Gasteiger partial charge in [0.25, 0.3) is 5.91 Å². The fraction of sp³-hybridized carbons (Fsp3) is 0.286. The van der Waals surface area contributed by atoms with Crippen molar-refractivity contribution in [1.29, 1.82) is 0 Å². The van der Waals surface area contributed by atoms with Gasteiger partial charge in [0, 0.05) is 0 Å². The minimum absolute atomic E-state index is 0.113. The summed E-state index contributed by atoms with van der Waals surface area (Å²) in [5.74, 6) is 0.117. The minimum atomic E-state index is -0.524. The second-order valence-corrected chi connectivity index (χ2v) is 5.84. The molecule has 1 saturated heterocycles. The summed E-state index contributed by atoms with van der Waals surface area (Å²) in [7, 11) is 0. The lowest BCUT2D eigenvalue weighted by molar-refractivity contribution is -0.134. The number of rotatable bonds is 6. The maximum atomic E-state index is 11.7. The molecule has 0 bridgehead atoms. The summed E-state index contributed by atoms with van der Waals surface area (Å²) in [6.07, 6.45) is 0. The largest absolute Gasteiger partial charge is 0.484 e. The molecule has 2 N–H and O–H groups in total. The zero-order chi connectivity index (χ0) is 14.5. The van der Waals surface area contributed by atoms with E-state index in [0.29, 0.717) is 5.75 Å². The first kappa shape index (κ1) is 14.5. The molecule has 5 nitrogen and oxygen atoms in total. The van der Waals surface area contributed by atoms with Crippen molar-refractivity contribution in [3.8, 4) is 5.75 Å². The third-order valence-electron chi connectivity index (χ3n) is 2.63. The van der Waals surface area contributed by atoms with E-state index in [2.05, 4.69) is 17.2 Å². The van der Waals surface area contributed by atoms with Crippen LogP contribution in [0.3, 0.4) is 0 Å². The number of allylic oxidation sites excluding steroid dienone is 1. The van der Waals surface area contributed by atoms with E-state index in [9.17, 15) is 9.59 Å². The number of carbonyl (C=O) groups excluding carboxylic acids is 2. The summed E-state index contributed by atoms with van der Waals surface area (Å²) in [6.45, 7) is 5.51. The van der Waals surface area contributed by atoms with E-state index in [-0.39, 0.29) is 23.8 Å². The third kappa shape index (κ3) is 3.77. The Morgan fingerprint density at radius 1 is 1.45 bits per heavy atom. The zero-order valence-electron chi connectivity index (χ0n) is 11.1. The molecule has 1 fully saturated rings. The third-order valence-corrected chi connectivity index (χ3v) is 3.67. The van der Waals surface area contributed by atoms with Gasteiger partial charge >= 0.3 is 0 Å². The number of para-hydroxylation sites is 1. The lowest BCUT2D eigenvalue weighted by atomic mass is 10.1. The van der Waals surface area contributed by atoms with Crippen molar-refractivity contribution >= 4 is 23.6 Å². The molecule has 1 aliphatic rings. The number of hydrogen-bond acceptors (Lipinski definition) is 4. The Balaban J connectivity index is 1.79. The number of amides is 2. The number of carbonyl (C=O) groups is 2. The SMILES string of the molecule is C=C(C)S[C@H]1NC(=O)[C@H]1NC(=O)COc1ccccc1. The van der Waals surface area contributed by atoms with Gasteiger partial charge in [-0.25, -0.2) is 0 Å². The van der Waals surface area contributed by atoms with E-state index in [1.54, 1.807) is 12.1 Å². The Labute approximate surface area is 121 Å². The molecule has 2 amide bonds. The van der Waals surface area contributed by atoms with Crippen LogP contribution in [0.5, 0.6) is 5.75 Å². The molecule has 0 saturated carbocycles. The normalized spacial score (nSPS) is 20.6. The van der Waals surface area contributed by atoms with Crippen LogP contribution in [0.1, 0.15) is 6.92 Å². The molecular weight excluding hydrogens is 276 g/mol. The lowest BCUT2D eigenvalue weighted by Gasteiger charge is -2.36. The summed E-state index contributed by atoms with van der Waals surface area (Å²) < 4.78 is 5.32. The van der Waals surface area contributed by atoms with Gasteiger partial charge < -0.3 is 15.4 Å². The first-order chi connectivity index (χ1) is 9.56. The minimum Gasteiger partial charge on any atom is -0.484 e. The molecule has 6 heteroatoms. The van der Waals surface area contributed by atoms with Crippen molar-refractivity contribution < 1.29 is 14.3 Å². The van der Waals surface area contributed by atoms with Crippen molar-refractivity contribution in [1.82, 2.24) is 10.6 Å². The molecule has 20 heavy (non-hydrogen) atoms. The van der Waals surface area contributed by atoms with Gasteiger partial charge in [-0.15, -0.1) is 11.8 Å². The number of β-lactam (4-membered cyclic amide) rings is 1. The first-order valence-electron chi connectivity index (χ1n) is 6.16. The molecule has 0 unspecified atom stereocenters. The molecule has 2 rings (SSSR count). The van der Waals surface area contributed by atoms with Crippen LogP contribution in [0.4, 0.5) is 0 Å². The van der Waals surface area contributed by atoms with E-state index in [1.165, 1.54) is 11.8 Å². The second kappa shape index (κ2) is 6.47. The van der Waals surface area contributed by atoms with Crippen LogP contribution >= 0.6 is 11.8 Å². The van der Waals surface area contributed by atoms with E-state index < -0.39 is 6.04 Å². The Bertz CT molecular complexity index is 518. The molecule has 1 aliphatic heterocycles. The number of ether oxygens (including phenoxy) is 1. The van der Waals surface area contributed by atoms with Gasteiger partial charge in [0.1, 0.15) is 17.2 Å². The number of benzene rings is 1. The highest BCUT2D eigenvalue weighted by Gasteiger charge is 2.40. The molecule has 1 aromatic rings. The van der Waals surface area contributed by atoms with Gasteiger partial charge in [0.2, 0.25) is 5.91 Å². The Kier molecular flexibility index (Phi) is 4.68. The summed E-state index contributed by atoms with van der Waals surface area (Å²) in [6, 6.07) is 8.53. The van der Waals surface area contributed by atoms with Gasteiger partial charge in [0.05, 0.1) is 0 Å². The van der Waals surface area contributed by atoms with Crippen LogP contribution in [-0.4, -0.2) is 29.8 Å².